The molecule has 0 aliphatic carbocycles. The second kappa shape index (κ2) is 5.16. The van der Waals surface area contributed by atoms with E-state index in [9.17, 15) is 4.79 Å². The van der Waals surface area contributed by atoms with Gasteiger partial charge < -0.3 is 5.32 Å². The topological polar surface area (TPSA) is 72.7 Å². The third-order valence-corrected chi connectivity index (χ3v) is 2.82. The summed E-state index contributed by atoms with van der Waals surface area (Å²) in [6.45, 7) is 2.04. The zero-order valence-corrected chi connectivity index (χ0v) is 9.52. The van der Waals surface area contributed by atoms with Crippen LogP contribution in [0.1, 0.15) is 25.1 Å². The smallest absolute Gasteiger partial charge is 0.182 e. The highest BCUT2D eigenvalue weighted by Crippen LogP contribution is 2.14. The molecule has 0 amide bonds. The fourth-order valence-electron chi connectivity index (χ4n) is 2.06. The molecule has 1 aliphatic heterocycles. The Labute approximate surface area is 94.4 Å². The number of hydrogen-bond donors (Lipinski definition) is 1. The standard InChI is InChI=1S/C10H17N5O/c1-15-13-10(12-14-15)6-9(16)5-8-3-2-4-11-7-8/h8,11H,2-7H2,1H3. The van der Waals surface area contributed by atoms with Gasteiger partial charge in [0.1, 0.15) is 5.78 Å². The molecular weight excluding hydrogens is 206 g/mol. The van der Waals surface area contributed by atoms with E-state index in [1.165, 1.54) is 11.2 Å². The van der Waals surface area contributed by atoms with Crippen LogP contribution in [0.15, 0.2) is 0 Å². The number of rotatable bonds is 4. The number of piperidine rings is 1. The zero-order chi connectivity index (χ0) is 11.4. The Balaban J connectivity index is 1.79. The molecule has 1 fully saturated rings. The van der Waals surface area contributed by atoms with Crippen molar-refractivity contribution in [3.05, 3.63) is 5.82 Å². The Morgan fingerprint density at radius 3 is 3.12 bits per heavy atom. The second-order valence-electron chi connectivity index (χ2n) is 4.33. The van der Waals surface area contributed by atoms with Gasteiger partial charge in [0, 0.05) is 6.42 Å². The first kappa shape index (κ1) is 11.2. The number of aryl methyl sites for hydroxylation is 1. The Morgan fingerprint density at radius 2 is 2.50 bits per heavy atom. The molecule has 0 bridgehead atoms. The predicted octanol–water partition coefficient (Wildman–Crippen LogP) is -0.289. The molecule has 0 saturated carbocycles. The van der Waals surface area contributed by atoms with Gasteiger partial charge in [-0.15, -0.1) is 10.2 Å². The molecule has 1 unspecified atom stereocenters. The molecule has 1 aromatic heterocycles. The summed E-state index contributed by atoms with van der Waals surface area (Å²) in [5.74, 6) is 1.22. The van der Waals surface area contributed by atoms with Gasteiger partial charge in [0.25, 0.3) is 0 Å². The van der Waals surface area contributed by atoms with Crippen LogP contribution in [-0.2, 0) is 18.3 Å². The van der Waals surface area contributed by atoms with Gasteiger partial charge in [0.2, 0.25) is 0 Å². The van der Waals surface area contributed by atoms with Crippen molar-refractivity contribution in [1.82, 2.24) is 25.5 Å². The van der Waals surface area contributed by atoms with Crippen molar-refractivity contribution in [1.29, 1.82) is 0 Å². The average molecular weight is 223 g/mol. The van der Waals surface area contributed by atoms with Crippen LogP contribution in [0.25, 0.3) is 0 Å². The second-order valence-corrected chi connectivity index (χ2v) is 4.33. The lowest BCUT2D eigenvalue weighted by atomic mass is 9.93. The fraction of sp³-hybridized carbons (Fsp3) is 0.800. The largest absolute Gasteiger partial charge is 0.316 e. The van der Waals surface area contributed by atoms with Gasteiger partial charge in [-0.1, -0.05) is 0 Å². The summed E-state index contributed by atoms with van der Waals surface area (Å²) >= 11 is 0. The Hall–Kier alpha value is -1.30. The maximum absolute atomic E-state index is 11.7. The molecular formula is C10H17N5O. The van der Waals surface area contributed by atoms with Gasteiger partial charge in [-0.05, 0) is 37.1 Å². The van der Waals surface area contributed by atoms with E-state index in [0.717, 1.165) is 19.5 Å². The van der Waals surface area contributed by atoms with E-state index in [-0.39, 0.29) is 5.78 Å². The summed E-state index contributed by atoms with van der Waals surface area (Å²) in [5, 5.41) is 14.8. The van der Waals surface area contributed by atoms with Crippen LogP contribution in [0, 0.1) is 5.92 Å². The first-order valence-electron chi connectivity index (χ1n) is 5.69. The average Bonchev–Trinajstić information content (AvgIpc) is 2.65. The lowest BCUT2D eigenvalue weighted by Crippen LogP contribution is -2.31. The zero-order valence-electron chi connectivity index (χ0n) is 9.52. The quantitative estimate of drug-likeness (QED) is 0.759. The van der Waals surface area contributed by atoms with Gasteiger partial charge in [0.05, 0.1) is 13.5 Å². The van der Waals surface area contributed by atoms with E-state index in [1.807, 2.05) is 0 Å². The number of tetrazole rings is 1. The van der Waals surface area contributed by atoms with Crippen molar-refractivity contribution in [3.63, 3.8) is 0 Å². The normalized spacial score (nSPS) is 20.9. The van der Waals surface area contributed by atoms with Crippen LogP contribution in [0.5, 0.6) is 0 Å². The van der Waals surface area contributed by atoms with Crippen molar-refractivity contribution in [2.75, 3.05) is 13.1 Å². The molecule has 1 aliphatic rings. The van der Waals surface area contributed by atoms with E-state index < -0.39 is 0 Å². The van der Waals surface area contributed by atoms with Gasteiger partial charge >= 0.3 is 0 Å². The van der Waals surface area contributed by atoms with E-state index >= 15 is 0 Å². The molecule has 2 rings (SSSR count). The lowest BCUT2D eigenvalue weighted by molar-refractivity contribution is -0.119. The molecule has 0 radical (unpaired) electrons. The monoisotopic (exact) mass is 223 g/mol. The highest BCUT2D eigenvalue weighted by atomic mass is 16.1. The highest BCUT2D eigenvalue weighted by molar-refractivity contribution is 5.80. The van der Waals surface area contributed by atoms with E-state index in [4.69, 9.17) is 0 Å². The SMILES string of the molecule is Cn1nnc(CC(=O)CC2CCCNC2)n1. The number of nitrogens with zero attached hydrogens (tertiary/aromatic N) is 4. The molecule has 2 heterocycles. The number of aromatic nitrogens is 4. The third-order valence-electron chi connectivity index (χ3n) is 2.82. The molecule has 6 nitrogen and oxygen atoms in total. The molecule has 0 aromatic carbocycles. The van der Waals surface area contributed by atoms with Crippen molar-refractivity contribution in [2.45, 2.75) is 25.7 Å². The van der Waals surface area contributed by atoms with Crippen LogP contribution in [0.3, 0.4) is 0 Å². The maximum Gasteiger partial charge on any atom is 0.182 e. The first-order valence-corrected chi connectivity index (χ1v) is 5.69. The number of hydrogen-bond acceptors (Lipinski definition) is 5. The Morgan fingerprint density at radius 1 is 1.62 bits per heavy atom. The summed E-state index contributed by atoms with van der Waals surface area (Å²) in [6.07, 6.45) is 3.25. The van der Waals surface area contributed by atoms with Crippen molar-refractivity contribution in [3.8, 4) is 0 Å². The Kier molecular flexibility index (Phi) is 3.61. The summed E-state index contributed by atoms with van der Waals surface area (Å²) < 4.78 is 0. The van der Waals surface area contributed by atoms with Crippen LogP contribution in [0.2, 0.25) is 0 Å². The summed E-state index contributed by atoms with van der Waals surface area (Å²) in [7, 11) is 1.70. The molecule has 1 N–H and O–H groups in total. The summed E-state index contributed by atoms with van der Waals surface area (Å²) in [6, 6.07) is 0. The van der Waals surface area contributed by atoms with Crippen LogP contribution in [-0.4, -0.2) is 39.1 Å². The number of carbonyl (C=O) groups is 1. The molecule has 16 heavy (non-hydrogen) atoms. The van der Waals surface area contributed by atoms with Crippen LogP contribution < -0.4 is 5.32 Å². The van der Waals surface area contributed by atoms with Crippen molar-refractivity contribution >= 4 is 5.78 Å². The van der Waals surface area contributed by atoms with E-state index in [0.29, 0.717) is 24.6 Å². The van der Waals surface area contributed by atoms with Crippen molar-refractivity contribution in [2.24, 2.45) is 13.0 Å². The molecule has 1 saturated heterocycles. The van der Waals surface area contributed by atoms with E-state index in [2.05, 4.69) is 20.7 Å². The van der Waals surface area contributed by atoms with E-state index in [1.54, 1.807) is 7.05 Å². The third kappa shape index (κ3) is 3.10. The molecule has 1 aromatic rings. The number of nitrogens with one attached hydrogen (secondary N) is 1. The molecule has 1 atom stereocenters. The van der Waals surface area contributed by atoms with Gasteiger partial charge in [0.15, 0.2) is 5.82 Å². The minimum atomic E-state index is 0.210. The van der Waals surface area contributed by atoms with Crippen LogP contribution in [0.4, 0.5) is 0 Å². The molecule has 88 valence electrons. The minimum absolute atomic E-state index is 0.210. The Bertz CT molecular complexity index is 356. The minimum Gasteiger partial charge on any atom is -0.316 e. The summed E-state index contributed by atoms with van der Waals surface area (Å²) in [4.78, 5) is 13.1. The summed E-state index contributed by atoms with van der Waals surface area (Å²) in [5.41, 5.74) is 0. The highest BCUT2D eigenvalue weighted by Gasteiger charge is 2.17. The molecule has 6 heteroatoms. The fourth-order valence-corrected chi connectivity index (χ4v) is 2.06. The number of carbonyl (C=O) groups excluding carboxylic acids is 1. The van der Waals surface area contributed by atoms with Gasteiger partial charge in [-0.25, -0.2) is 0 Å². The molecule has 0 spiro atoms. The number of Topliss-reactive ketones (excluding diaryl/α,β-unsaturated/α-hetero) is 1. The number of ketones is 1. The van der Waals surface area contributed by atoms with Crippen LogP contribution >= 0.6 is 0 Å². The van der Waals surface area contributed by atoms with Crippen molar-refractivity contribution < 1.29 is 4.79 Å². The first-order chi connectivity index (χ1) is 7.74. The predicted molar refractivity (Wildman–Crippen MR) is 57.7 cm³/mol. The van der Waals surface area contributed by atoms with Gasteiger partial charge in [-0.2, -0.15) is 4.80 Å². The maximum atomic E-state index is 11.7. The van der Waals surface area contributed by atoms with Gasteiger partial charge in [-0.3, -0.25) is 4.79 Å². The lowest BCUT2D eigenvalue weighted by Gasteiger charge is -2.21.